The average Bonchev–Trinajstić information content (AvgIpc) is 2.99. The Bertz CT molecular complexity index is 654. The van der Waals surface area contributed by atoms with Crippen molar-refractivity contribution in [2.24, 2.45) is 21.1 Å². The summed E-state index contributed by atoms with van der Waals surface area (Å²) in [5.74, 6) is -0.0660. The number of hydrogen-bond donors (Lipinski definition) is 3. The smallest absolute Gasteiger partial charge is 0.211 e. The summed E-state index contributed by atoms with van der Waals surface area (Å²) < 4.78 is 54.0. The van der Waals surface area contributed by atoms with Crippen LogP contribution >= 0.6 is 0 Å². The minimum Gasteiger partial charge on any atom is -0.377 e. The number of rotatable bonds is 4. The van der Waals surface area contributed by atoms with Gasteiger partial charge in [-0.15, -0.1) is 0 Å². The Kier molecular flexibility index (Phi) is 6.99. The molecule has 1 saturated carbocycles. The van der Waals surface area contributed by atoms with Gasteiger partial charge in [0.05, 0.1) is 36.9 Å². The van der Waals surface area contributed by atoms with Crippen LogP contribution in [-0.2, 0) is 29.5 Å². The van der Waals surface area contributed by atoms with Gasteiger partial charge in [-0.2, -0.15) is 0 Å². The molecule has 4 aliphatic rings. The predicted molar refractivity (Wildman–Crippen MR) is 103 cm³/mol. The minimum absolute atomic E-state index is 0. The lowest BCUT2D eigenvalue weighted by Crippen LogP contribution is -2.54. The molecule has 2 spiro atoms. The zero-order valence-corrected chi connectivity index (χ0v) is 16.5. The Balaban J connectivity index is 0.000000187. The van der Waals surface area contributed by atoms with Gasteiger partial charge in [0.2, 0.25) is 20.0 Å². The summed E-state index contributed by atoms with van der Waals surface area (Å²) in [4.78, 5) is 0. The average molecular weight is 428 g/mol. The Morgan fingerprint density at radius 3 is 1.56 bits per heavy atom. The first-order valence-corrected chi connectivity index (χ1v) is 12.4. The third-order valence-corrected chi connectivity index (χ3v) is 7.50. The molecule has 0 radical (unpaired) electrons. The first kappa shape index (κ1) is 23.0. The maximum absolute atomic E-state index is 10.8. The Hall–Kier alpha value is -0.300. The quantitative estimate of drug-likeness (QED) is 0.548. The maximum Gasteiger partial charge on any atom is 0.211 e. The summed E-state index contributed by atoms with van der Waals surface area (Å²) in [6, 6.07) is 0. The molecule has 2 unspecified atom stereocenters. The molecule has 3 saturated heterocycles. The summed E-state index contributed by atoms with van der Waals surface area (Å²) in [6.07, 6.45) is 4.97. The van der Waals surface area contributed by atoms with Gasteiger partial charge < -0.3 is 14.8 Å². The highest BCUT2D eigenvalue weighted by Gasteiger charge is 2.46. The molecule has 160 valence electrons. The van der Waals surface area contributed by atoms with E-state index in [9.17, 15) is 16.8 Å². The van der Waals surface area contributed by atoms with Crippen LogP contribution < -0.4 is 15.6 Å². The van der Waals surface area contributed by atoms with Crippen molar-refractivity contribution in [3.63, 3.8) is 0 Å². The highest BCUT2D eigenvalue weighted by Crippen LogP contribution is 2.49. The van der Waals surface area contributed by atoms with E-state index >= 15 is 0 Å². The Morgan fingerprint density at radius 1 is 0.852 bits per heavy atom. The first-order chi connectivity index (χ1) is 12.0. The highest BCUT2D eigenvalue weighted by molar-refractivity contribution is 7.89. The molecule has 5 N–H and O–H groups in total. The van der Waals surface area contributed by atoms with Crippen molar-refractivity contribution in [1.82, 2.24) is 5.32 Å². The highest BCUT2D eigenvalue weighted by atomic mass is 32.2. The van der Waals surface area contributed by atoms with Crippen LogP contribution in [0.5, 0.6) is 0 Å². The lowest BCUT2D eigenvalue weighted by atomic mass is 9.68. The SMILES string of the molecule is C.NS(=O)(=O)CC1CC2(CCC2)CO1.NS(=O)(=O)CC1CC2(CNC2)CO1. The maximum atomic E-state index is 10.8. The standard InChI is InChI=1S/C8H15NO3S.C7H14N2O3S.CH4/c9-13(10,11)5-7-4-8(6-12-7)2-1-3-8;8-13(10,11)2-6-1-7(5-12-6)3-9-4-7;/h7H,1-6H2,(H2,9,10,11);6,9H,1-5H2,(H2,8,10,11);1H4. The normalized spacial score (nSPS) is 30.7. The van der Waals surface area contributed by atoms with E-state index in [0.717, 1.165) is 32.5 Å². The molecule has 2 atom stereocenters. The second kappa shape index (κ2) is 8.21. The van der Waals surface area contributed by atoms with Crippen molar-refractivity contribution >= 4 is 20.0 Å². The lowest BCUT2D eigenvalue weighted by Gasteiger charge is -2.37. The number of nitrogens with two attached hydrogens (primary N) is 2. The summed E-state index contributed by atoms with van der Waals surface area (Å²) in [5.41, 5.74) is 0.519. The molecule has 9 nitrogen and oxygen atoms in total. The summed E-state index contributed by atoms with van der Waals surface area (Å²) in [5, 5.41) is 13.1. The second-order valence-corrected chi connectivity index (χ2v) is 11.7. The van der Waals surface area contributed by atoms with Crippen molar-refractivity contribution in [3.8, 4) is 0 Å². The van der Waals surface area contributed by atoms with E-state index in [4.69, 9.17) is 19.8 Å². The number of primary sulfonamides is 2. The fourth-order valence-electron chi connectivity index (χ4n) is 4.27. The molecule has 4 rings (SSSR count). The van der Waals surface area contributed by atoms with Gasteiger partial charge >= 0.3 is 0 Å². The minimum atomic E-state index is -3.39. The van der Waals surface area contributed by atoms with Gasteiger partial charge in [0.25, 0.3) is 0 Å². The van der Waals surface area contributed by atoms with E-state index in [2.05, 4.69) is 5.32 Å². The summed E-state index contributed by atoms with van der Waals surface area (Å²) >= 11 is 0. The summed E-state index contributed by atoms with van der Waals surface area (Å²) in [6.45, 7) is 3.27. The van der Waals surface area contributed by atoms with E-state index in [1.165, 1.54) is 19.3 Å². The van der Waals surface area contributed by atoms with Gasteiger partial charge in [0, 0.05) is 18.5 Å². The molecule has 3 aliphatic heterocycles. The van der Waals surface area contributed by atoms with E-state index in [1.807, 2.05) is 0 Å². The second-order valence-electron chi connectivity index (χ2n) is 8.39. The van der Waals surface area contributed by atoms with E-state index in [1.54, 1.807) is 0 Å². The molecule has 3 heterocycles. The number of sulfonamides is 2. The number of ether oxygens (including phenoxy) is 2. The van der Waals surface area contributed by atoms with Gasteiger partial charge in [-0.25, -0.2) is 27.1 Å². The lowest BCUT2D eigenvalue weighted by molar-refractivity contribution is 0.0750. The van der Waals surface area contributed by atoms with Crippen molar-refractivity contribution < 1.29 is 26.3 Å². The summed E-state index contributed by atoms with van der Waals surface area (Å²) in [7, 11) is -6.75. The fraction of sp³-hybridized carbons (Fsp3) is 1.00. The molecule has 0 aromatic heterocycles. The Morgan fingerprint density at radius 2 is 1.30 bits per heavy atom. The molecule has 0 aromatic rings. The largest absolute Gasteiger partial charge is 0.377 e. The van der Waals surface area contributed by atoms with Crippen LogP contribution in [-0.4, -0.2) is 66.9 Å². The molecule has 4 fully saturated rings. The van der Waals surface area contributed by atoms with Crippen LogP contribution in [0.1, 0.15) is 39.5 Å². The zero-order chi connectivity index (χ0) is 19.1. The Labute approximate surface area is 162 Å². The van der Waals surface area contributed by atoms with Crippen molar-refractivity contribution in [1.29, 1.82) is 0 Å². The van der Waals surface area contributed by atoms with Crippen LogP contribution in [0.4, 0.5) is 0 Å². The van der Waals surface area contributed by atoms with Crippen molar-refractivity contribution in [3.05, 3.63) is 0 Å². The zero-order valence-electron chi connectivity index (χ0n) is 14.9. The third-order valence-electron chi connectivity index (χ3n) is 5.82. The van der Waals surface area contributed by atoms with Crippen LogP contribution in [0, 0.1) is 10.8 Å². The van der Waals surface area contributed by atoms with Gasteiger partial charge in [-0.3, -0.25) is 0 Å². The molecular weight excluding hydrogens is 394 g/mol. The van der Waals surface area contributed by atoms with E-state index in [-0.39, 0.29) is 36.6 Å². The molecule has 27 heavy (non-hydrogen) atoms. The topological polar surface area (TPSA) is 151 Å². The fourth-order valence-corrected chi connectivity index (χ4v) is 5.74. The van der Waals surface area contributed by atoms with Gasteiger partial charge in [0.1, 0.15) is 0 Å². The molecule has 0 aromatic carbocycles. The molecule has 0 bridgehead atoms. The first-order valence-electron chi connectivity index (χ1n) is 8.93. The molecular formula is C16H33N3O6S2. The molecule has 11 heteroatoms. The van der Waals surface area contributed by atoms with Crippen LogP contribution in [0.3, 0.4) is 0 Å². The predicted octanol–water partition coefficient (Wildman–Crippen LogP) is -0.476. The van der Waals surface area contributed by atoms with Gasteiger partial charge in [0.15, 0.2) is 0 Å². The monoisotopic (exact) mass is 427 g/mol. The third kappa shape index (κ3) is 6.34. The van der Waals surface area contributed by atoms with Gasteiger partial charge in [-0.1, -0.05) is 13.8 Å². The molecule has 1 aliphatic carbocycles. The van der Waals surface area contributed by atoms with E-state index < -0.39 is 20.0 Å². The van der Waals surface area contributed by atoms with Crippen molar-refractivity contribution in [2.45, 2.75) is 51.7 Å². The van der Waals surface area contributed by atoms with Crippen LogP contribution in [0.2, 0.25) is 0 Å². The van der Waals surface area contributed by atoms with Gasteiger partial charge in [-0.05, 0) is 31.1 Å². The number of nitrogens with one attached hydrogen (secondary N) is 1. The van der Waals surface area contributed by atoms with Crippen molar-refractivity contribution in [2.75, 3.05) is 37.8 Å². The molecule has 0 amide bonds. The van der Waals surface area contributed by atoms with Crippen LogP contribution in [0.25, 0.3) is 0 Å². The number of hydrogen-bond acceptors (Lipinski definition) is 7. The van der Waals surface area contributed by atoms with E-state index in [0.29, 0.717) is 12.0 Å². The van der Waals surface area contributed by atoms with Crippen LogP contribution in [0.15, 0.2) is 0 Å².